The molecule has 25 heavy (non-hydrogen) atoms. The van der Waals surface area contributed by atoms with Crippen molar-refractivity contribution >= 4 is 34.2 Å². The summed E-state index contributed by atoms with van der Waals surface area (Å²) in [5.41, 5.74) is 6.10. The van der Waals surface area contributed by atoms with Gasteiger partial charge in [-0.3, -0.25) is 9.59 Å². The van der Waals surface area contributed by atoms with E-state index in [1.54, 1.807) is 11.8 Å². The molecule has 0 bridgehead atoms. The van der Waals surface area contributed by atoms with Crippen molar-refractivity contribution in [1.82, 2.24) is 9.21 Å². The molecule has 2 heterocycles. The average Bonchev–Trinajstić information content (AvgIpc) is 3.02. The minimum Gasteiger partial charge on any atom is -0.336 e. The van der Waals surface area contributed by atoms with Gasteiger partial charge in [-0.05, 0) is 50.9 Å². The summed E-state index contributed by atoms with van der Waals surface area (Å²) in [5.74, 6) is -0.498. The molecule has 0 radical (unpaired) electrons. The highest BCUT2D eigenvalue weighted by Gasteiger charge is 2.41. The number of nitrogens with zero attached hydrogens (tertiary/aromatic N) is 2. The fraction of sp³-hybridized carbons (Fsp3) is 0.500. The molecule has 2 aliphatic rings. The molecule has 7 nitrogen and oxygen atoms in total. The molecule has 2 atom stereocenters. The van der Waals surface area contributed by atoms with Crippen molar-refractivity contribution in [2.45, 2.75) is 31.2 Å². The summed E-state index contributed by atoms with van der Waals surface area (Å²) < 4.78 is 25.7. The van der Waals surface area contributed by atoms with Gasteiger partial charge in [0.25, 0.3) is 21.8 Å². The second-order valence-electron chi connectivity index (χ2n) is 6.33. The molecule has 1 fully saturated rings. The normalized spacial score (nSPS) is 24.2. The lowest BCUT2D eigenvalue weighted by Crippen LogP contribution is -2.34. The van der Waals surface area contributed by atoms with Crippen LogP contribution in [0.25, 0.3) is 0 Å². The van der Waals surface area contributed by atoms with Crippen molar-refractivity contribution < 1.29 is 18.0 Å². The van der Waals surface area contributed by atoms with Crippen molar-refractivity contribution in [1.29, 1.82) is 0 Å². The molecule has 2 aliphatic heterocycles. The lowest BCUT2D eigenvalue weighted by molar-refractivity contribution is 0.0742. The van der Waals surface area contributed by atoms with E-state index in [1.165, 1.54) is 18.2 Å². The van der Waals surface area contributed by atoms with Gasteiger partial charge < -0.3 is 10.6 Å². The zero-order valence-electron chi connectivity index (χ0n) is 14.1. The monoisotopic (exact) mass is 387 g/mol. The molecule has 9 heteroatoms. The lowest BCUT2D eigenvalue weighted by Gasteiger charge is -2.21. The fourth-order valence-corrected chi connectivity index (χ4v) is 5.09. The van der Waals surface area contributed by atoms with Gasteiger partial charge in [0.2, 0.25) is 0 Å². The molecule has 2 amide bonds. The fourth-order valence-electron chi connectivity index (χ4n) is 3.48. The summed E-state index contributed by atoms with van der Waals surface area (Å²) in [6, 6.07) is 4.34. The van der Waals surface area contributed by atoms with E-state index in [2.05, 4.69) is 0 Å². The minimum absolute atomic E-state index is 0. The molecule has 0 spiro atoms. The number of carbonyl (C=O) groups is 2. The van der Waals surface area contributed by atoms with Crippen LogP contribution in [0.15, 0.2) is 23.1 Å². The van der Waals surface area contributed by atoms with E-state index in [0.29, 0.717) is 13.1 Å². The Morgan fingerprint density at radius 1 is 1.36 bits per heavy atom. The van der Waals surface area contributed by atoms with Gasteiger partial charge in [0.1, 0.15) is 4.90 Å². The maximum absolute atomic E-state index is 12.8. The van der Waals surface area contributed by atoms with E-state index in [4.69, 9.17) is 5.73 Å². The topological polar surface area (TPSA) is 101 Å². The van der Waals surface area contributed by atoms with E-state index in [0.717, 1.165) is 10.7 Å². The maximum atomic E-state index is 12.8. The van der Waals surface area contributed by atoms with Crippen LogP contribution in [0.1, 0.15) is 41.0 Å². The van der Waals surface area contributed by atoms with Crippen LogP contribution < -0.4 is 5.73 Å². The van der Waals surface area contributed by atoms with Crippen molar-refractivity contribution in [2.75, 3.05) is 19.6 Å². The van der Waals surface area contributed by atoms with Crippen LogP contribution in [0.2, 0.25) is 0 Å². The highest BCUT2D eigenvalue weighted by molar-refractivity contribution is 7.90. The summed E-state index contributed by atoms with van der Waals surface area (Å²) in [4.78, 5) is 26.5. The van der Waals surface area contributed by atoms with Crippen molar-refractivity contribution in [3.05, 3.63) is 29.3 Å². The number of nitrogens with two attached hydrogens (primary N) is 1. The van der Waals surface area contributed by atoms with E-state index >= 15 is 0 Å². The second kappa shape index (κ2) is 6.93. The Bertz CT molecular complexity index is 812. The van der Waals surface area contributed by atoms with Gasteiger partial charge in [-0.2, -0.15) is 0 Å². The zero-order valence-corrected chi connectivity index (χ0v) is 15.8. The van der Waals surface area contributed by atoms with Gasteiger partial charge in [0.15, 0.2) is 0 Å². The predicted octanol–water partition coefficient (Wildman–Crippen LogP) is 1.08. The van der Waals surface area contributed by atoms with Crippen LogP contribution in [-0.2, 0) is 10.0 Å². The number of rotatable bonds is 3. The van der Waals surface area contributed by atoms with E-state index in [-0.39, 0.29) is 52.8 Å². The van der Waals surface area contributed by atoms with Crippen LogP contribution in [-0.4, -0.2) is 55.1 Å². The van der Waals surface area contributed by atoms with E-state index in [1.807, 2.05) is 6.92 Å². The molecule has 2 unspecified atom stereocenters. The maximum Gasteiger partial charge on any atom is 0.268 e. The number of sulfonamides is 1. The van der Waals surface area contributed by atoms with Crippen molar-refractivity contribution in [3.63, 3.8) is 0 Å². The van der Waals surface area contributed by atoms with Gasteiger partial charge in [0, 0.05) is 24.7 Å². The molecule has 1 saturated heterocycles. The Kier molecular flexibility index (Phi) is 5.46. The van der Waals surface area contributed by atoms with Gasteiger partial charge in [-0.25, -0.2) is 12.7 Å². The highest BCUT2D eigenvalue weighted by Crippen LogP contribution is 2.32. The van der Waals surface area contributed by atoms with Gasteiger partial charge in [-0.1, -0.05) is 0 Å². The molecule has 3 rings (SSSR count). The number of amides is 2. The first-order valence-electron chi connectivity index (χ1n) is 8.03. The minimum atomic E-state index is -3.86. The third-order valence-electron chi connectivity index (χ3n) is 4.80. The average molecular weight is 388 g/mol. The number of halogens is 1. The van der Waals surface area contributed by atoms with Crippen LogP contribution >= 0.6 is 12.4 Å². The first kappa shape index (κ1) is 19.7. The summed E-state index contributed by atoms with van der Waals surface area (Å²) in [6.45, 7) is 4.72. The third kappa shape index (κ3) is 3.02. The number of fused-ring (bicyclic) bond motifs is 1. The van der Waals surface area contributed by atoms with Crippen LogP contribution in [0.5, 0.6) is 0 Å². The highest BCUT2D eigenvalue weighted by atomic mass is 35.5. The van der Waals surface area contributed by atoms with E-state index in [9.17, 15) is 18.0 Å². The SMILES string of the molecule is CCN1C(=O)c2ccc(C(=O)N3CC(CN)CC3C)cc2S1(=O)=O.Cl. The second-order valence-corrected chi connectivity index (χ2v) is 8.16. The summed E-state index contributed by atoms with van der Waals surface area (Å²) in [7, 11) is -3.86. The van der Waals surface area contributed by atoms with Gasteiger partial charge >= 0.3 is 0 Å². The number of carbonyl (C=O) groups excluding carboxylic acids is 2. The molecule has 0 aliphatic carbocycles. The Labute approximate surface area is 153 Å². The Balaban J connectivity index is 0.00000225. The smallest absolute Gasteiger partial charge is 0.268 e. The molecular weight excluding hydrogens is 366 g/mol. The van der Waals surface area contributed by atoms with Crippen LogP contribution in [0, 0.1) is 5.92 Å². The number of likely N-dealkylation sites (tertiary alicyclic amines) is 1. The molecule has 1 aromatic rings. The predicted molar refractivity (Wildman–Crippen MR) is 95.2 cm³/mol. The number of hydrogen-bond donors (Lipinski definition) is 1. The van der Waals surface area contributed by atoms with Crippen molar-refractivity contribution in [3.8, 4) is 0 Å². The first-order chi connectivity index (χ1) is 11.3. The first-order valence-corrected chi connectivity index (χ1v) is 9.47. The lowest BCUT2D eigenvalue weighted by atomic mass is 10.1. The Hall–Kier alpha value is -1.64. The largest absolute Gasteiger partial charge is 0.336 e. The molecule has 1 aromatic carbocycles. The summed E-state index contributed by atoms with van der Waals surface area (Å²) in [5, 5.41) is 0. The molecule has 138 valence electrons. The molecule has 0 aromatic heterocycles. The number of hydrogen-bond acceptors (Lipinski definition) is 5. The van der Waals surface area contributed by atoms with E-state index < -0.39 is 15.9 Å². The van der Waals surface area contributed by atoms with Crippen LogP contribution in [0.3, 0.4) is 0 Å². The summed E-state index contributed by atoms with van der Waals surface area (Å²) >= 11 is 0. The van der Waals surface area contributed by atoms with Gasteiger partial charge in [0.05, 0.1) is 5.56 Å². The zero-order chi connectivity index (χ0) is 17.6. The summed E-state index contributed by atoms with van der Waals surface area (Å²) in [6.07, 6.45) is 0.841. The third-order valence-corrected chi connectivity index (χ3v) is 6.69. The number of benzene rings is 1. The van der Waals surface area contributed by atoms with Crippen LogP contribution in [0.4, 0.5) is 0 Å². The molecular formula is C16H22ClN3O4S. The molecule has 0 saturated carbocycles. The molecule has 2 N–H and O–H groups in total. The van der Waals surface area contributed by atoms with Gasteiger partial charge in [-0.15, -0.1) is 12.4 Å². The standard InChI is InChI=1S/C16H21N3O4S.ClH/c1-3-19-16(21)13-5-4-12(7-14(13)24(19,22)23)15(20)18-9-11(8-17)6-10(18)2;/h4-5,7,10-11H,3,6,8-9,17H2,1-2H3;1H. The Morgan fingerprint density at radius 3 is 2.60 bits per heavy atom. The van der Waals surface area contributed by atoms with Crippen molar-refractivity contribution in [2.24, 2.45) is 11.7 Å². The Morgan fingerprint density at radius 2 is 2.04 bits per heavy atom. The quantitative estimate of drug-likeness (QED) is 0.836.